The lowest BCUT2D eigenvalue weighted by Gasteiger charge is -2.38. The average Bonchev–Trinajstić information content (AvgIpc) is 2.35. The Kier molecular flexibility index (Phi) is 3.24. The van der Waals surface area contributed by atoms with E-state index in [1.54, 1.807) is 0 Å². The van der Waals surface area contributed by atoms with Gasteiger partial charge in [0.1, 0.15) is 5.75 Å². The summed E-state index contributed by atoms with van der Waals surface area (Å²) in [6.45, 7) is 0. The smallest absolute Gasteiger partial charge is 0.144 e. The summed E-state index contributed by atoms with van der Waals surface area (Å²) in [5.74, 6) is 1.88. The van der Waals surface area contributed by atoms with Crippen molar-refractivity contribution in [2.45, 2.75) is 44.4 Å². The molecular weight excluding hydrogens is 344 g/mol. The first-order chi connectivity index (χ1) is 8.18. The third-order valence-electron chi connectivity index (χ3n) is 4.38. The van der Waals surface area contributed by atoms with Crippen molar-refractivity contribution in [3.05, 3.63) is 26.1 Å². The number of hydrogen-bond acceptors (Lipinski definition) is 1. The molecule has 17 heavy (non-hydrogen) atoms. The molecule has 0 aliphatic heterocycles. The van der Waals surface area contributed by atoms with Gasteiger partial charge in [-0.15, -0.1) is 0 Å². The zero-order valence-corrected chi connectivity index (χ0v) is 12.8. The second-order valence-corrected chi connectivity index (χ2v) is 6.93. The van der Waals surface area contributed by atoms with Gasteiger partial charge in [-0.1, -0.05) is 12.8 Å². The van der Waals surface area contributed by atoms with Crippen LogP contribution >= 0.6 is 31.9 Å². The lowest BCUT2D eigenvalue weighted by Crippen LogP contribution is -2.24. The van der Waals surface area contributed by atoms with Crippen LogP contribution in [0.25, 0.3) is 0 Å². The van der Waals surface area contributed by atoms with E-state index < -0.39 is 0 Å². The van der Waals surface area contributed by atoms with E-state index in [2.05, 4.69) is 37.9 Å². The molecule has 0 spiro atoms. The molecule has 0 saturated heterocycles. The minimum Gasteiger partial charge on any atom is -0.506 e. The predicted molar refractivity (Wildman–Crippen MR) is 76.5 cm³/mol. The summed E-state index contributed by atoms with van der Waals surface area (Å²) >= 11 is 7.03. The van der Waals surface area contributed by atoms with Crippen LogP contribution in [0.15, 0.2) is 15.0 Å². The number of fused-ring (bicyclic) bond motifs is 3. The molecule has 0 amide bonds. The third-order valence-corrected chi connectivity index (χ3v) is 5.79. The number of phenols is 1. The summed E-state index contributed by atoms with van der Waals surface area (Å²) < 4.78 is 1.75. The highest BCUT2D eigenvalue weighted by Gasteiger charge is 2.34. The maximum atomic E-state index is 10.1. The lowest BCUT2D eigenvalue weighted by atomic mass is 9.68. The Labute approximate surface area is 119 Å². The molecular formula is C14H16Br2O. The molecule has 1 saturated carbocycles. The molecule has 0 heterocycles. The van der Waals surface area contributed by atoms with Crippen molar-refractivity contribution in [2.75, 3.05) is 0 Å². The van der Waals surface area contributed by atoms with Crippen LogP contribution in [-0.4, -0.2) is 5.11 Å². The van der Waals surface area contributed by atoms with Gasteiger partial charge in [0.05, 0.1) is 8.95 Å². The van der Waals surface area contributed by atoms with Crippen LogP contribution < -0.4 is 0 Å². The summed E-state index contributed by atoms with van der Waals surface area (Å²) in [4.78, 5) is 0. The minimum absolute atomic E-state index is 0.370. The number of rotatable bonds is 0. The molecule has 1 fully saturated rings. The first-order valence-electron chi connectivity index (χ1n) is 6.38. The molecule has 3 heteroatoms. The Bertz CT molecular complexity index is 456. The van der Waals surface area contributed by atoms with Gasteiger partial charge >= 0.3 is 0 Å². The molecule has 1 N–H and O–H groups in total. The molecule has 2 unspecified atom stereocenters. The maximum Gasteiger partial charge on any atom is 0.144 e. The molecule has 3 rings (SSSR count). The van der Waals surface area contributed by atoms with E-state index in [4.69, 9.17) is 0 Å². The van der Waals surface area contributed by atoms with Gasteiger partial charge in [0.25, 0.3) is 0 Å². The van der Waals surface area contributed by atoms with Crippen LogP contribution in [0.2, 0.25) is 0 Å². The van der Waals surface area contributed by atoms with E-state index in [0.29, 0.717) is 11.7 Å². The van der Waals surface area contributed by atoms with Crippen molar-refractivity contribution in [1.82, 2.24) is 0 Å². The first kappa shape index (κ1) is 12.0. The van der Waals surface area contributed by atoms with Crippen molar-refractivity contribution in [2.24, 2.45) is 5.92 Å². The molecule has 2 aliphatic carbocycles. The topological polar surface area (TPSA) is 20.2 Å². The normalized spacial score (nSPS) is 27.4. The van der Waals surface area contributed by atoms with E-state index in [-0.39, 0.29) is 0 Å². The standard InChI is InChI=1S/C14H16Br2O/c15-11-7-9-6-5-8-3-1-2-4-10(8)12(9)13(16)14(11)17/h7-8,10,17H,1-6H2. The Morgan fingerprint density at radius 2 is 1.88 bits per heavy atom. The first-order valence-corrected chi connectivity index (χ1v) is 7.97. The van der Waals surface area contributed by atoms with Crippen LogP contribution in [0.1, 0.15) is 49.1 Å². The molecule has 1 aromatic carbocycles. The molecule has 0 aromatic heterocycles. The summed E-state index contributed by atoms with van der Waals surface area (Å²) in [7, 11) is 0. The fourth-order valence-corrected chi connectivity index (χ4v) is 5.06. The van der Waals surface area contributed by atoms with Gasteiger partial charge in [0, 0.05) is 0 Å². The number of halogens is 2. The number of benzene rings is 1. The molecule has 92 valence electrons. The Morgan fingerprint density at radius 3 is 2.71 bits per heavy atom. The average molecular weight is 360 g/mol. The molecule has 2 aliphatic rings. The number of aryl methyl sites for hydroxylation is 1. The predicted octanol–water partition coefficient (Wildman–Crippen LogP) is 5.14. The highest BCUT2D eigenvalue weighted by Crippen LogP contribution is 2.50. The second-order valence-electron chi connectivity index (χ2n) is 5.28. The van der Waals surface area contributed by atoms with E-state index in [9.17, 15) is 5.11 Å². The monoisotopic (exact) mass is 358 g/mol. The van der Waals surface area contributed by atoms with Crippen molar-refractivity contribution in [3.63, 3.8) is 0 Å². The molecule has 2 atom stereocenters. The molecule has 1 aromatic rings. The van der Waals surface area contributed by atoms with E-state index in [1.807, 2.05) is 0 Å². The SMILES string of the molecule is Oc1c(Br)cc2c(c1Br)C1CCCCC1CC2. The van der Waals surface area contributed by atoms with Gasteiger partial charge in [-0.2, -0.15) is 0 Å². The number of hydrogen-bond donors (Lipinski definition) is 1. The van der Waals surface area contributed by atoms with Crippen LogP contribution in [0.5, 0.6) is 5.75 Å². The van der Waals surface area contributed by atoms with Gasteiger partial charge in [-0.3, -0.25) is 0 Å². The highest BCUT2D eigenvalue weighted by atomic mass is 79.9. The molecule has 0 bridgehead atoms. The largest absolute Gasteiger partial charge is 0.506 e. The minimum atomic E-state index is 0.370. The van der Waals surface area contributed by atoms with Gasteiger partial charge in [-0.25, -0.2) is 0 Å². The van der Waals surface area contributed by atoms with E-state index in [0.717, 1.165) is 21.3 Å². The zero-order chi connectivity index (χ0) is 12.0. The second kappa shape index (κ2) is 4.58. The van der Waals surface area contributed by atoms with Crippen LogP contribution in [0.4, 0.5) is 0 Å². The Balaban J connectivity index is 2.12. The zero-order valence-electron chi connectivity index (χ0n) is 9.68. The van der Waals surface area contributed by atoms with Crippen molar-refractivity contribution < 1.29 is 5.11 Å². The third kappa shape index (κ3) is 1.95. The lowest BCUT2D eigenvalue weighted by molar-refractivity contribution is 0.274. The van der Waals surface area contributed by atoms with Crippen molar-refractivity contribution in [1.29, 1.82) is 0 Å². The number of aromatic hydroxyl groups is 1. The summed E-state index contributed by atoms with van der Waals surface area (Å²) in [5, 5.41) is 10.1. The Hall–Kier alpha value is -0.0200. The van der Waals surface area contributed by atoms with Crippen molar-refractivity contribution >= 4 is 31.9 Å². The van der Waals surface area contributed by atoms with Crippen molar-refractivity contribution in [3.8, 4) is 5.75 Å². The molecule has 0 radical (unpaired) electrons. The van der Waals surface area contributed by atoms with Crippen LogP contribution in [0, 0.1) is 5.92 Å². The fraction of sp³-hybridized carbons (Fsp3) is 0.571. The van der Waals surface area contributed by atoms with E-state index in [1.165, 1.54) is 43.2 Å². The summed E-state index contributed by atoms with van der Waals surface area (Å²) in [5.41, 5.74) is 2.81. The summed E-state index contributed by atoms with van der Waals surface area (Å²) in [6.07, 6.45) is 7.86. The fourth-order valence-electron chi connectivity index (χ4n) is 3.55. The van der Waals surface area contributed by atoms with E-state index >= 15 is 0 Å². The van der Waals surface area contributed by atoms with Gasteiger partial charge < -0.3 is 5.11 Å². The van der Waals surface area contributed by atoms with Gasteiger partial charge in [0.2, 0.25) is 0 Å². The Morgan fingerprint density at radius 1 is 1.12 bits per heavy atom. The quantitative estimate of drug-likeness (QED) is 0.680. The highest BCUT2D eigenvalue weighted by molar-refractivity contribution is 9.11. The summed E-state index contributed by atoms with van der Waals surface area (Å²) in [6, 6.07) is 2.11. The molecule has 1 nitrogen and oxygen atoms in total. The van der Waals surface area contributed by atoms with Crippen LogP contribution in [-0.2, 0) is 6.42 Å². The maximum absolute atomic E-state index is 10.1. The van der Waals surface area contributed by atoms with Gasteiger partial charge in [-0.05, 0) is 86.6 Å². The van der Waals surface area contributed by atoms with Gasteiger partial charge in [0.15, 0.2) is 0 Å². The number of phenolic OH excluding ortho intramolecular Hbond substituents is 1. The van der Waals surface area contributed by atoms with Crippen LogP contribution in [0.3, 0.4) is 0 Å².